The van der Waals surface area contributed by atoms with Crippen molar-refractivity contribution >= 4 is 34.4 Å². The molecule has 0 radical (unpaired) electrons. The monoisotopic (exact) mass is 414 g/mol. The summed E-state index contributed by atoms with van der Waals surface area (Å²) in [5, 5.41) is 8.46. The van der Waals surface area contributed by atoms with E-state index in [0.717, 1.165) is 16.8 Å². The Morgan fingerprint density at radius 1 is 1.17 bits per heavy atom. The summed E-state index contributed by atoms with van der Waals surface area (Å²) < 4.78 is 10.6. The number of ether oxygens (including phenoxy) is 2. The highest BCUT2D eigenvalue weighted by Crippen LogP contribution is 2.29. The van der Waals surface area contributed by atoms with Gasteiger partial charge in [-0.15, -0.1) is 0 Å². The van der Waals surface area contributed by atoms with E-state index in [9.17, 15) is 9.59 Å². The predicted octanol–water partition coefficient (Wildman–Crippen LogP) is 3.31. The van der Waals surface area contributed by atoms with E-state index in [0.29, 0.717) is 35.9 Å². The Hall–Kier alpha value is -3.20. The zero-order chi connectivity index (χ0) is 20.8. The molecule has 0 atom stereocenters. The highest BCUT2D eigenvalue weighted by atomic mass is 32.2. The summed E-state index contributed by atoms with van der Waals surface area (Å²) >= 11 is 1.22. The Balaban J connectivity index is 1.70. The lowest BCUT2D eigenvalue weighted by Gasteiger charge is -2.23. The number of anilines is 1. The van der Waals surface area contributed by atoms with Gasteiger partial charge in [-0.1, -0.05) is 23.9 Å². The second kappa shape index (κ2) is 9.33. The van der Waals surface area contributed by atoms with E-state index in [4.69, 9.17) is 15.2 Å². The van der Waals surface area contributed by atoms with Crippen LogP contribution in [0, 0.1) is 0 Å². The van der Waals surface area contributed by atoms with Gasteiger partial charge in [0.25, 0.3) is 0 Å². The van der Waals surface area contributed by atoms with Gasteiger partial charge in [0.2, 0.25) is 0 Å². The first-order valence-corrected chi connectivity index (χ1v) is 9.88. The highest BCUT2D eigenvalue weighted by Gasteiger charge is 2.22. The van der Waals surface area contributed by atoms with Crippen LogP contribution in [-0.2, 0) is 6.42 Å². The van der Waals surface area contributed by atoms with E-state index in [1.54, 1.807) is 26.4 Å². The molecule has 0 aromatic heterocycles. The third-order valence-corrected chi connectivity index (χ3v) is 5.21. The minimum Gasteiger partial charge on any atom is -0.493 e. The van der Waals surface area contributed by atoms with Crippen molar-refractivity contribution < 1.29 is 19.1 Å². The number of thioether (sulfide) groups is 1. The second-order valence-corrected chi connectivity index (χ2v) is 7.16. The molecule has 1 heterocycles. The largest absolute Gasteiger partial charge is 0.493 e. The Labute approximate surface area is 173 Å². The van der Waals surface area contributed by atoms with Crippen molar-refractivity contribution in [2.24, 2.45) is 10.8 Å². The highest BCUT2D eigenvalue weighted by molar-refractivity contribution is 8.14. The maximum Gasteiger partial charge on any atom is 0.316 e. The number of hydrogen-bond acceptors (Lipinski definition) is 6. The van der Waals surface area contributed by atoms with Crippen LogP contribution in [0.25, 0.3) is 0 Å². The number of carbonyl (C=O) groups excluding carboxylic acids is 2. The number of nitrogens with two attached hydrogens (primary N) is 1. The van der Waals surface area contributed by atoms with Crippen molar-refractivity contribution in [3.63, 3.8) is 0 Å². The summed E-state index contributed by atoms with van der Waals surface area (Å²) in [6, 6.07) is 12.3. The molecule has 1 aliphatic heterocycles. The van der Waals surface area contributed by atoms with Crippen LogP contribution in [0.2, 0.25) is 0 Å². The Kier molecular flexibility index (Phi) is 6.61. The summed E-state index contributed by atoms with van der Waals surface area (Å²) in [7, 11) is 3.17. The number of hydrogen-bond donors (Lipinski definition) is 2. The van der Waals surface area contributed by atoms with E-state index in [1.807, 2.05) is 30.3 Å². The van der Waals surface area contributed by atoms with E-state index < -0.39 is 6.03 Å². The number of nitrogens with zero attached hydrogens (tertiary/aromatic N) is 2. The van der Waals surface area contributed by atoms with Gasteiger partial charge in [0.1, 0.15) is 0 Å². The molecule has 3 N–H and O–H groups in total. The summed E-state index contributed by atoms with van der Waals surface area (Å²) in [6.07, 6.45) is 0.631. The molecule has 2 aromatic carbocycles. The maximum atomic E-state index is 12.3. The SMILES string of the molecule is COc1ccc(C2=NN(CCc3ccc(NC(N)=O)cc3)C(=O)SC2)cc1OC. The molecule has 29 heavy (non-hydrogen) atoms. The number of rotatable bonds is 7. The number of amides is 3. The van der Waals surface area contributed by atoms with Crippen molar-refractivity contribution in [3.05, 3.63) is 53.6 Å². The fourth-order valence-electron chi connectivity index (χ4n) is 2.85. The third-order valence-electron chi connectivity index (χ3n) is 4.34. The molecule has 0 fully saturated rings. The fourth-order valence-corrected chi connectivity index (χ4v) is 3.62. The molecule has 3 rings (SSSR count). The Bertz CT molecular complexity index is 931. The molecule has 8 nitrogen and oxygen atoms in total. The van der Waals surface area contributed by atoms with Crippen LogP contribution in [0.4, 0.5) is 15.3 Å². The van der Waals surface area contributed by atoms with Crippen molar-refractivity contribution in [2.75, 3.05) is 31.8 Å². The predicted molar refractivity (Wildman–Crippen MR) is 114 cm³/mol. The summed E-state index contributed by atoms with van der Waals surface area (Å²) in [6.45, 7) is 0.450. The van der Waals surface area contributed by atoms with Gasteiger partial charge in [-0.05, 0) is 42.3 Å². The average Bonchev–Trinajstić information content (AvgIpc) is 2.73. The van der Waals surface area contributed by atoms with Crippen LogP contribution in [0.1, 0.15) is 11.1 Å². The molecule has 0 spiro atoms. The smallest absolute Gasteiger partial charge is 0.316 e. The first-order valence-electron chi connectivity index (χ1n) is 8.89. The van der Waals surface area contributed by atoms with Crippen LogP contribution >= 0.6 is 11.8 Å². The van der Waals surface area contributed by atoms with Gasteiger partial charge in [-0.2, -0.15) is 5.10 Å². The molecule has 2 aromatic rings. The number of hydrazone groups is 1. The number of benzene rings is 2. The van der Waals surface area contributed by atoms with E-state index >= 15 is 0 Å². The lowest BCUT2D eigenvalue weighted by atomic mass is 10.1. The summed E-state index contributed by atoms with van der Waals surface area (Å²) in [4.78, 5) is 23.1. The second-order valence-electron chi connectivity index (χ2n) is 6.23. The van der Waals surface area contributed by atoms with E-state index in [-0.39, 0.29) is 5.24 Å². The van der Waals surface area contributed by atoms with Gasteiger partial charge >= 0.3 is 11.3 Å². The van der Waals surface area contributed by atoms with Gasteiger partial charge < -0.3 is 20.5 Å². The van der Waals surface area contributed by atoms with Gasteiger partial charge in [-0.25, -0.2) is 9.80 Å². The maximum absolute atomic E-state index is 12.3. The number of primary amides is 1. The lowest BCUT2D eigenvalue weighted by Crippen LogP contribution is -2.31. The van der Waals surface area contributed by atoms with Gasteiger partial charge in [0, 0.05) is 23.5 Å². The normalized spacial score (nSPS) is 13.7. The molecular formula is C20H22N4O4S. The lowest BCUT2D eigenvalue weighted by molar-refractivity contribution is 0.225. The van der Waals surface area contributed by atoms with Crippen molar-refractivity contribution in [1.29, 1.82) is 0 Å². The van der Waals surface area contributed by atoms with Crippen molar-refractivity contribution in [2.45, 2.75) is 6.42 Å². The first-order chi connectivity index (χ1) is 14.0. The summed E-state index contributed by atoms with van der Waals surface area (Å²) in [5.41, 5.74) is 8.43. The molecular weight excluding hydrogens is 392 g/mol. The molecule has 152 valence electrons. The Morgan fingerprint density at radius 3 is 2.55 bits per heavy atom. The Morgan fingerprint density at radius 2 is 1.90 bits per heavy atom. The van der Waals surface area contributed by atoms with E-state index in [2.05, 4.69) is 10.4 Å². The topological polar surface area (TPSA) is 106 Å². The molecule has 0 aliphatic carbocycles. The first kappa shape index (κ1) is 20.5. The quantitative estimate of drug-likeness (QED) is 0.723. The molecule has 3 amide bonds. The fraction of sp³-hybridized carbons (Fsp3) is 0.250. The molecule has 0 unspecified atom stereocenters. The summed E-state index contributed by atoms with van der Waals surface area (Å²) in [5.74, 6) is 1.76. The van der Waals surface area contributed by atoms with Crippen molar-refractivity contribution in [1.82, 2.24) is 5.01 Å². The number of nitrogens with one attached hydrogen (secondary N) is 1. The average molecular weight is 414 g/mol. The van der Waals surface area contributed by atoms with E-state index in [1.165, 1.54) is 16.8 Å². The standard InChI is InChI=1S/C20H22N4O4S/c1-27-17-8-5-14(11-18(17)28-2)16-12-29-20(26)24(23-16)10-9-13-3-6-15(7-4-13)22-19(21)25/h3-8,11H,9-10,12H2,1-2H3,(H3,21,22,25). The molecule has 1 aliphatic rings. The zero-order valence-corrected chi connectivity index (χ0v) is 17.0. The third kappa shape index (κ3) is 5.20. The zero-order valence-electron chi connectivity index (χ0n) is 16.2. The number of methoxy groups -OCH3 is 2. The van der Waals surface area contributed by atoms with Gasteiger partial charge in [-0.3, -0.25) is 4.79 Å². The molecule has 0 saturated heterocycles. The molecule has 9 heteroatoms. The van der Waals surface area contributed by atoms with Crippen LogP contribution in [0.15, 0.2) is 47.6 Å². The van der Waals surface area contributed by atoms with Gasteiger partial charge in [0.15, 0.2) is 11.5 Å². The molecule has 0 saturated carbocycles. The van der Waals surface area contributed by atoms with Crippen LogP contribution in [-0.4, -0.2) is 48.5 Å². The van der Waals surface area contributed by atoms with Crippen LogP contribution in [0.3, 0.4) is 0 Å². The van der Waals surface area contributed by atoms with Crippen LogP contribution in [0.5, 0.6) is 11.5 Å². The van der Waals surface area contributed by atoms with Gasteiger partial charge in [0.05, 0.1) is 19.9 Å². The number of carbonyl (C=O) groups is 2. The minimum absolute atomic E-state index is 0.0822. The molecule has 0 bridgehead atoms. The number of urea groups is 1. The minimum atomic E-state index is -0.606. The van der Waals surface area contributed by atoms with Crippen molar-refractivity contribution in [3.8, 4) is 11.5 Å². The van der Waals surface area contributed by atoms with Crippen LogP contribution < -0.4 is 20.5 Å².